The van der Waals surface area contributed by atoms with Crippen LogP contribution in [0.1, 0.15) is 139 Å². The van der Waals surface area contributed by atoms with Gasteiger partial charge in [0.2, 0.25) is 0 Å². The van der Waals surface area contributed by atoms with Crippen LogP contribution in [-0.4, -0.2) is 30.6 Å². The van der Waals surface area contributed by atoms with E-state index < -0.39 is 11.9 Å². The first-order valence-corrected chi connectivity index (χ1v) is 17.5. The van der Waals surface area contributed by atoms with Gasteiger partial charge in [-0.15, -0.1) is 0 Å². The fourth-order valence-electron chi connectivity index (χ4n) is 13.0. The SMILES string of the molecule is CC(=O)O[C@H]1CC[C@]2(C)[C@H]3CC[C@H]4[C@@H]5[C@H](C(C)C)CC[C@]5(CCOC(=O)CCC(=O)[O-])CC[C@@]4(C)[C@]3(C)CC[C@H]2C1(C)C. The van der Waals surface area contributed by atoms with Gasteiger partial charge in [0, 0.05) is 18.3 Å². The molecule has 0 aromatic rings. The number of ether oxygens (including phenoxy) is 2. The highest BCUT2D eigenvalue weighted by molar-refractivity contribution is 5.75. The van der Waals surface area contributed by atoms with Crippen LogP contribution in [0.5, 0.6) is 0 Å². The average molecular weight is 600 g/mol. The molecule has 0 bridgehead atoms. The molecule has 0 spiro atoms. The molecule has 5 saturated carbocycles. The van der Waals surface area contributed by atoms with Crippen LogP contribution in [0.25, 0.3) is 0 Å². The third-order valence-corrected chi connectivity index (χ3v) is 15.2. The highest BCUT2D eigenvalue weighted by Crippen LogP contribution is 2.78. The van der Waals surface area contributed by atoms with Crippen molar-refractivity contribution in [3.63, 3.8) is 0 Å². The molecule has 0 saturated heterocycles. The normalized spacial score (nSPS) is 44.9. The Bertz CT molecular complexity index is 1100. The van der Waals surface area contributed by atoms with E-state index in [-0.39, 0.29) is 52.0 Å². The molecule has 0 unspecified atom stereocenters. The summed E-state index contributed by atoms with van der Waals surface area (Å²) in [5.41, 5.74) is 0.993. The molecule has 0 amide bonds. The predicted molar refractivity (Wildman–Crippen MR) is 164 cm³/mol. The Hall–Kier alpha value is -1.59. The molecule has 0 aliphatic heterocycles. The Kier molecular flexibility index (Phi) is 8.64. The molecular weight excluding hydrogens is 540 g/mol. The molecule has 0 aromatic carbocycles. The molecule has 0 aromatic heterocycles. The molecule has 10 atom stereocenters. The molecular formula is C37H59O6-. The lowest BCUT2D eigenvalue weighted by Gasteiger charge is -2.73. The topological polar surface area (TPSA) is 92.7 Å². The number of carbonyl (C=O) groups excluding carboxylic acids is 3. The summed E-state index contributed by atoms with van der Waals surface area (Å²) >= 11 is 0. The molecule has 0 heterocycles. The first-order valence-electron chi connectivity index (χ1n) is 17.5. The molecule has 0 N–H and O–H groups in total. The van der Waals surface area contributed by atoms with Crippen molar-refractivity contribution in [1.82, 2.24) is 0 Å². The fourth-order valence-corrected chi connectivity index (χ4v) is 13.0. The van der Waals surface area contributed by atoms with Crippen LogP contribution in [0.2, 0.25) is 0 Å². The first kappa shape index (κ1) is 32.8. The third kappa shape index (κ3) is 5.17. The molecule has 5 aliphatic carbocycles. The van der Waals surface area contributed by atoms with E-state index in [0.29, 0.717) is 42.1 Å². The number of hydrogen-bond acceptors (Lipinski definition) is 6. The van der Waals surface area contributed by atoms with E-state index in [9.17, 15) is 19.5 Å². The standard InChI is InChI=1S/C37H60O6/c1-23(2)25-13-18-37(21-22-42-31(41)12-11-30(39)40)20-19-35(7)26(32(25)37)9-10-28-34(6)16-15-29(43-24(3)38)33(4,5)27(34)14-17-36(28,35)8/h23,25-29,32H,9-22H2,1-8H3,(H,39,40)/p-1/t25-,26-,27-,28+,29-,32-,34-,35+,36+,37+/m0/s1. The van der Waals surface area contributed by atoms with Gasteiger partial charge in [-0.2, -0.15) is 0 Å². The molecule has 0 radical (unpaired) electrons. The largest absolute Gasteiger partial charge is 0.550 e. The van der Waals surface area contributed by atoms with Gasteiger partial charge in [0.25, 0.3) is 0 Å². The van der Waals surface area contributed by atoms with E-state index in [1.807, 2.05) is 0 Å². The van der Waals surface area contributed by atoms with Crippen molar-refractivity contribution >= 4 is 17.9 Å². The molecule has 43 heavy (non-hydrogen) atoms. The molecule has 6 heteroatoms. The molecule has 5 aliphatic rings. The summed E-state index contributed by atoms with van der Waals surface area (Å²) < 4.78 is 11.6. The number of hydrogen-bond donors (Lipinski definition) is 0. The molecule has 244 valence electrons. The van der Waals surface area contributed by atoms with Crippen molar-refractivity contribution in [2.24, 2.45) is 62.6 Å². The van der Waals surface area contributed by atoms with Crippen LogP contribution < -0.4 is 5.11 Å². The second kappa shape index (κ2) is 11.3. The summed E-state index contributed by atoms with van der Waals surface area (Å²) in [5, 5.41) is 10.8. The number of rotatable bonds is 8. The van der Waals surface area contributed by atoms with Crippen LogP contribution in [-0.2, 0) is 23.9 Å². The maximum absolute atomic E-state index is 12.3. The van der Waals surface area contributed by atoms with E-state index in [0.717, 1.165) is 19.3 Å². The minimum Gasteiger partial charge on any atom is -0.550 e. The summed E-state index contributed by atoms with van der Waals surface area (Å²) in [7, 11) is 0. The average Bonchev–Trinajstić information content (AvgIpc) is 3.29. The monoisotopic (exact) mass is 599 g/mol. The number of aliphatic carboxylic acids is 1. The first-order chi connectivity index (χ1) is 20.0. The summed E-state index contributed by atoms with van der Waals surface area (Å²) in [6.07, 6.45) is 12.6. The molecule has 5 rings (SSSR count). The smallest absolute Gasteiger partial charge is 0.306 e. The van der Waals surface area contributed by atoms with E-state index in [1.165, 1.54) is 51.4 Å². The maximum Gasteiger partial charge on any atom is 0.306 e. The van der Waals surface area contributed by atoms with Crippen molar-refractivity contribution in [2.45, 2.75) is 145 Å². The van der Waals surface area contributed by atoms with Crippen LogP contribution in [0.15, 0.2) is 0 Å². The second-order valence-electron chi connectivity index (χ2n) is 17.3. The van der Waals surface area contributed by atoms with Crippen molar-refractivity contribution < 1.29 is 29.0 Å². The second-order valence-corrected chi connectivity index (χ2v) is 17.3. The zero-order valence-electron chi connectivity index (χ0n) is 28.4. The van der Waals surface area contributed by atoms with Crippen LogP contribution in [0.3, 0.4) is 0 Å². The number of fused-ring (bicyclic) bond motifs is 7. The number of carboxylic acids is 1. The zero-order chi connectivity index (χ0) is 31.6. The quantitative estimate of drug-likeness (QED) is 0.276. The Labute approximate surface area is 260 Å². The Morgan fingerprint density at radius 1 is 0.814 bits per heavy atom. The summed E-state index contributed by atoms with van der Waals surface area (Å²) in [6, 6.07) is 0. The van der Waals surface area contributed by atoms with Crippen molar-refractivity contribution in [1.29, 1.82) is 0 Å². The van der Waals surface area contributed by atoms with Crippen LogP contribution >= 0.6 is 0 Å². The van der Waals surface area contributed by atoms with Gasteiger partial charge >= 0.3 is 11.9 Å². The molecule has 5 fully saturated rings. The van der Waals surface area contributed by atoms with Gasteiger partial charge in [0.05, 0.1) is 13.0 Å². The van der Waals surface area contributed by atoms with E-state index >= 15 is 0 Å². The van der Waals surface area contributed by atoms with Crippen molar-refractivity contribution in [2.75, 3.05) is 6.61 Å². The Morgan fingerprint density at radius 2 is 1.53 bits per heavy atom. The minimum atomic E-state index is -1.20. The van der Waals surface area contributed by atoms with E-state index in [1.54, 1.807) is 6.92 Å². The van der Waals surface area contributed by atoms with Crippen molar-refractivity contribution in [3.8, 4) is 0 Å². The van der Waals surface area contributed by atoms with Crippen LogP contribution in [0, 0.1) is 62.6 Å². The minimum absolute atomic E-state index is 0.00911. The molecule has 6 nitrogen and oxygen atoms in total. The van der Waals surface area contributed by atoms with Crippen molar-refractivity contribution in [3.05, 3.63) is 0 Å². The van der Waals surface area contributed by atoms with E-state index in [4.69, 9.17) is 9.47 Å². The van der Waals surface area contributed by atoms with Crippen LogP contribution in [0.4, 0.5) is 0 Å². The van der Waals surface area contributed by atoms with Gasteiger partial charge in [-0.05, 0) is 134 Å². The Morgan fingerprint density at radius 3 is 2.19 bits per heavy atom. The Balaban J connectivity index is 1.40. The lowest BCUT2D eigenvalue weighted by Crippen LogP contribution is -2.66. The summed E-state index contributed by atoms with van der Waals surface area (Å²) in [4.78, 5) is 35.1. The summed E-state index contributed by atoms with van der Waals surface area (Å²) in [6.45, 7) is 19.5. The highest BCUT2D eigenvalue weighted by Gasteiger charge is 2.71. The third-order valence-electron chi connectivity index (χ3n) is 15.2. The zero-order valence-corrected chi connectivity index (χ0v) is 28.4. The highest BCUT2D eigenvalue weighted by atomic mass is 16.5. The maximum atomic E-state index is 12.3. The predicted octanol–water partition coefficient (Wildman–Crippen LogP) is 7.12. The van der Waals surface area contributed by atoms with Gasteiger partial charge in [-0.25, -0.2) is 0 Å². The van der Waals surface area contributed by atoms with Gasteiger partial charge in [0.15, 0.2) is 0 Å². The lowest BCUT2D eigenvalue weighted by atomic mass is 9.32. The van der Waals surface area contributed by atoms with E-state index in [2.05, 4.69) is 48.5 Å². The fraction of sp³-hybridized carbons (Fsp3) is 0.919. The number of carboxylic acid groups (broad SMARTS) is 1. The van der Waals surface area contributed by atoms with Gasteiger partial charge in [0.1, 0.15) is 6.10 Å². The van der Waals surface area contributed by atoms with Gasteiger partial charge in [-0.3, -0.25) is 9.59 Å². The lowest BCUT2D eigenvalue weighted by molar-refractivity contribution is -0.305. The van der Waals surface area contributed by atoms with Gasteiger partial charge in [-0.1, -0.05) is 48.5 Å². The summed E-state index contributed by atoms with van der Waals surface area (Å²) in [5.74, 6) is 2.12. The van der Waals surface area contributed by atoms with Gasteiger partial charge < -0.3 is 19.4 Å². The number of esters is 2. The number of carbonyl (C=O) groups is 3.